The summed E-state index contributed by atoms with van der Waals surface area (Å²) >= 11 is 6.34. The smallest absolute Gasteiger partial charge is 0.113 e. The van der Waals surface area contributed by atoms with Crippen LogP contribution < -0.4 is 10.6 Å². The van der Waals surface area contributed by atoms with Gasteiger partial charge in [0.2, 0.25) is 0 Å². The van der Waals surface area contributed by atoms with Gasteiger partial charge in [0.1, 0.15) is 5.66 Å². The fourth-order valence-corrected chi connectivity index (χ4v) is 4.45. The molecule has 5 rings (SSSR count). The number of rotatable bonds is 2. The van der Waals surface area contributed by atoms with Crippen LogP contribution in [-0.4, -0.2) is 0 Å². The third kappa shape index (κ3) is 2.86. The number of halogens is 1. The third-order valence-electron chi connectivity index (χ3n) is 5.60. The van der Waals surface area contributed by atoms with Crippen molar-refractivity contribution in [2.45, 2.75) is 18.6 Å². The van der Waals surface area contributed by atoms with Crippen LogP contribution in [-0.2, 0) is 5.66 Å². The first-order valence-electron chi connectivity index (χ1n) is 9.53. The van der Waals surface area contributed by atoms with Crippen LogP contribution in [0.2, 0.25) is 5.02 Å². The summed E-state index contributed by atoms with van der Waals surface area (Å²) < 4.78 is 0. The third-order valence-corrected chi connectivity index (χ3v) is 5.84. The molecule has 0 radical (unpaired) electrons. The van der Waals surface area contributed by atoms with Gasteiger partial charge in [-0.1, -0.05) is 84.4 Å². The van der Waals surface area contributed by atoms with Crippen LogP contribution in [0.1, 0.15) is 29.7 Å². The van der Waals surface area contributed by atoms with Gasteiger partial charge in [-0.3, -0.25) is 5.32 Å². The fraction of sp³-hybridized carbons (Fsp3) is 0.120. The molecule has 1 aliphatic rings. The Kier molecular flexibility index (Phi) is 4.12. The van der Waals surface area contributed by atoms with Crippen molar-refractivity contribution in [3.05, 3.63) is 113 Å². The highest BCUT2D eigenvalue weighted by atomic mass is 35.5. The van der Waals surface area contributed by atoms with Crippen molar-refractivity contribution in [3.63, 3.8) is 0 Å². The Morgan fingerprint density at radius 2 is 1.57 bits per heavy atom. The second-order valence-electron chi connectivity index (χ2n) is 7.50. The Hall–Kier alpha value is -2.81. The zero-order valence-electron chi connectivity index (χ0n) is 15.6. The van der Waals surface area contributed by atoms with Gasteiger partial charge in [-0.15, -0.1) is 0 Å². The predicted octanol–water partition coefficient (Wildman–Crippen LogP) is 6.47. The maximum Gasteiger partial charge on any atom is 0.113 e. The summed E-state index contributed by atoms with van der Waals surface area (Å²) in [4.78, 5) is 0. The van der Waals surface area contributed by atoms with Crippen LogP contribution in [0.15, 0.2) is 91.0 Å². The van der Waals surface area contributed by atoms with Crippen LogP contribution in [0.4, 0.5) is 5.69 Å². The van der Waals surface area contributed by atoms with Crippen LogP contribution >= 0.6 is 11.6 Å². The lowest BCUT2D eigenvalue weighted by atomic mass is 9.87. The summed E-state index contributed by atoms with van der Waals surface area (Å²) in [5.41, 5.74) is 4.29. The molecule has 3 heteroatoms. The Bertz CT molecular complexity index is 1150. The molecule has 0 fully saturated rings. The van der Waals surface area contributed by atoms with Crippen molar-refractivity contribution in [3.8, 4) is 0 Å². The Labute approximate surface area is 170 Å². The number of benzene rings is 4. The second kappa shape index (κ2) is 6.66. The monoisotopic (exact) mass is 384 g/mol. The average molecular weight is 385 g/mol. The summed E-state index contributed by atoms with van der Waals surface area (Å²) in [6.07, 6.45) is 0. The van der Waals surface area contributed by atoms with E-state index in [1.165, 1.54) is 21.9 Å². The van der Waals surface area contributed by atoms with E-state index in [0.29, 0.717) is 0 Å². The van der Waals surface area contributed by atoms with E-state index < -0.39 is 5.66 Å². The summed E-state index contributed by atoms with van der Waals surface area (Å²) in [6, 6.07) is 31.7. The minimum absolute atomic E-state index is 0.0418. The van der Waals surface area contributed by atoms with E-state index in [2.05, 4.69) is 96.4 Å². The van der Waals surface area contributed by atoms with Gasteiger partial charge in [-0.25, -0.2) is 0 Å². The van der Waals surface area contributed by atoms with Crippen LogP contribution in [0.5, 0.6) is 0 Å². The highest BCUT2D eigenvalue weighted by Gasteiger charge is 2.37. The molecule has 0 saturated heterocycles. The van der Waals surface area contributed by atoms with Crippen molar-refractivity contribution >= 4 is 28.1 Å². The van der Waals surface area contributed by atoms with Crippen molar-refractivity contribution in [1.29, 1.82) is 0 Å². The first kappa shape index (κ1) is 17.3. The van der Waals surface area contributed by atoms with E-state index in [4.69, 9.17) is 11.6 Å². The molecule has 0 aliphatic carbocycles. The van der Waals surface area contributed by atoms with Gasteiger partial charge in [0.15, 0.2) is 0 Å². The lowest BCUT2D eigenvalue weighted by Crippen LogP contribution is -2.51. The SMILES string of the molecule is C[C@@]1(c2cccc3ccccc23)Nc2ccc(Cl)cc2[C@@H](c2ccccc2)N1. The van der Waals surface area contributed by atoms with Crippen molar-refractivity contribution in [2.75, 3.05) is 5.32 Å². The molecule has 0 saturated carbocycles. The van der Waals surface area contributed by atoms with Gasteiger partial charge >= 0.3 is 0 Å². The molecule has 0 unspecified atom stereocenters. The number of fused-ring (bicyclic) bond motifs is 2. The molecule has 28 heavy (non-hydrogen) atoms. The Morgan fingerprint density at radius 1 is 0.821 bits per heavy atom. The number of hydrogen-bond acceptors (Lipinski definition) is 2. The van der Waals surface area contributed by atoms with E-state index in [9.17, 15) is 0 Å². The summed E-state index contributed by atoms with van der Waals surface area (Å²) in [5.74, 6) is 0. The zero-order chi connectivity index (χ0) is 19.1. The maximum atomic E-state index is 6.34. The summed E-state index contributed by atoms with van der Waals surface area (Å²) in [7, 11) is 0. The van der Waals surface area contributed by atoms with E-state index in [-0.39, 0.29) is 6.04 Å². The standard InChI is InChI=1S/C25H21ClN2/c1-25(22-13-7-11-17-8-5-6-12-20(17)22)27-23-15-14-19(26)16-21(23)24(28-25)18-9-3-2-4-10-18/h2-16,24,27-28H,1H3/t24-,25-/m1/s1. The largest absolute Gasteiger partial charge is 0.363 e. The topological polar surface area (TPSA) is 24.1 Å². The van der Waals surface area contributed by atoms with E-state index >= 15 is 0 Å². The van der Waals surface area contributed by atoms with Crippen molar-refractivity contribution in [2.24, 2.45) is 0 Å². The predicted molar refractivity (Wildman–Crippen MR) is 118 cm³/mol. The molecule has 0 aromatic heterocycles. The fourth-order valence-electron chi connectivity index (χ4n) is 4.27. The minimum Gasteiger partial charge on any atom is -0.363 e. The lowest BCUT2D eigenvalue weighted by molar-refractivity contribution is 0.369. The molecule has 4 aromatic rings. The quantitative estimate of drug-likeness (QED) is 0.413. The molecule has 138 valence electrons. The zero-order valence-corrected chi connectivity index (χ0v) is 16.4. The Morgan fingerprint density at radius 3 is 2.43 bits per heavy atom. The summed E-state index contributed by atoms with van der Waals surface area (Å²) in [6.45, 7) is 2.21. The molecule has 0 bridgehead atoms. The molecule has 1 aliphatic heterocycles. The van der Waals surface area contributed by atoms with Gasteiger partial charge < -0.3 is 5.32 Å². The van der Waals surface area contributed by atoms with Crippen LogP contribution in [0.25, 0.3) is 10.8 Å². The average Bonchev–Trinajstić information content (AvgIpc) is 2.74. The number of hydrogen-bond donors (Lipinski definition) is 2. The molecule has 2 N–H and O–H groups in total. The minimum atomic E-state index is -0.428. The van der Waals surface area contributed by atoms with Gasteiger partial charge in [0, 0.05) is 10.7 Å². The molecular weight excluding hydrogens is 364 g/mol. The van der Waals surface area contributed by atoms with Crippen LogP contribution in [0, 0.1) is 0 Å². The second-order valence-corrected chi connectivity index (χ2v) is 7.93. The highest BCUT2D eigenvalue weighted by molar-refractivity contribution is 6.30. The van der Waals surface area contributed by atoms with Gasteiger partial charge in [0.05, 0.1) is 6.04 Å². The van der Waals surface area contributed by atoms with Gasteiger partial charge in [-0.05, 0) is 52.6 Å². The molecular formula is C25H21ClN2. The molecule has 1 heterocycles. The van der Waals surface area contributed by atoms with Crippen molar-refractivity contribution in [1.82, 2.24) is 5.32 Å². The highest BCUT2D eigenvalue weighted by Crippen LogP contribution is 2.41. The first-order chi connectivity index (χ1) is 13.6. The van der Waals surface area contributed by atoms with Gasteiger partial charge in [0.25, 0.3) is 0 Å². The Balaban J connectivity index is 1.70. The number of nitrogens with one attached hydrogen (secondary N) is 2. The van der Waals surface area contributed by atoms with Crippen LogP contribution in [0.3, 0.4) is 0 Å². The summed E-state index contributed by atoms with van der Waals surface area (Å²) in [5, 5.41) is 10.8. The normalized spacial score (nSPS) is 21.1. The molecule has 2 nitrogen and oxygen atoms in total. The first-order valence-corrected chi connectivity index (χ1v) is 9.90. The lowest BCUT2D eigenvalue weighted by Gasteiger charge is -2.43. The van der Waals surface area contributed by atoms with Gasteiger partial charge in [-0.2, -0.15) is 0 Å². The maximum absolute atomic E-state index is 6.34. The molecule has 2 atom stereocenters. The van der Waals surface area contributed by atoms with E-state index in [1.54, 1.807) is 0 Å². The molecule has 4 aromatic carbocycles. The van der Waals surface area contributed by atoms with E-state index in [1.807, 2.05) is 12.1 Å². The molecule has 0 amide bonds. The van der Waals surface area contributed by atoms with Crippen molar-refractivity contribution < 1.29 is 0 Å². The molecule has 0 spiro atoms. The number of anilines is 1. The van der Waals surface area contributed by atoms with E-state index in [0.717, 1.165) is 16.3 Å².